The van der Waals surface area contributed by atoms with Crippen molar-refractivity contribution in [2.45, 2.75) is 64.0 Å². The molecule has 2 N–H and O–H groups in total. The largest absolute Gasteiger partial charge is 0.389 e. The van der Waals surface area contributed by atoms with E-state index in [0.29, 0.717) is 5.92 Å². The van der Waals surface area contributed by atoms with Crippen molar-refractivity contribution in [1.82, 2.24) is 5.32 Å². The summed E-state index contributed by atoms with van der Waals surface area (Å²) in [5.74, 6) is 0.576. The average molecular weight is 261 g/mol. The molecule has 2 heteroatoms. The molecule has 1 unspecified atom stereocenters. The number of hydrogen-bond acceptors (Lipinski definition) is 2. The van der Waals surface area contributed by atoms with Gasteiger partial charge < -0.3 is 10.4 Å². The normalized spacial score (nSPS) is 20.2. The van der Waals surface area contributed by atoms with Crippen molar-refractivity contribution < 1.29 is 5.11 Å². The van der Waals surface area contributed by atoms with Crippen LogP contribution in [-0.4, -0.2) is 22.8 Å². The molecule has 0 bridgehead atoms. The molecular formula is C17H27NO. The Bertz CT molecular complexity index is 431. The van der Waals surface area contributed by atoms with Crippen LogP contribution in [0.2, 0.25) is 0 Å². The summed E-state index contributed by atoms with van der Waals surface area (Å²) in [4.78, 5) is 0. The van der Waals surface area contributed by atoms with Crippen LogP contribution in [-0.2, 0) is 6.42 Å². The van der Waals surface area contributed by atoms with Crippen LogP contribution in [0.25, 0.3) is 0 Å². The van der Waals surface area contributed by atoms with E-state index >= 15 is 0 Å². The van der Waals surface area contributed by atoms with E-state index < -0.39 is 5.60 Å². The van der Waals surface area contributed by atoms with E-state index in [1.54, 1.807) is 0 Å². The molecule has 2 nitrogen and oxygen atoms in total. The second-order valence-corrected chi connectivity index (χ2v) is 6.85. The summed E-state index contributed by atoms with van der Waals surface area (Å²) < 4.78 is 0. The third-order valence-corrected chi connectivity index (χ3v) is 4.81. The zero-order valence-electron chi connectivity index (χ0n) is 12.7. The van der Waals surface area contributed by atoms with Gasteiger partial charge >= 0.3 is 0 Å². The highest BCUT2D eigenvalue weighted by molar-refractivity contribution is 5.32. The molecule has 0 saturated heterocycles. The predicted molar refractivity (Wildman–Crippen MR) is 80.5 cm³/mol. The molecule has 2 rings (SSSR count). The summed E-state index contributed by atoms with van der Waals surface area (Å²) in [5, 5.41) is 13.8. The maximum Gasteiger partial charge on any atom is 0.0767 e. The number of hydrogen-bond donors (Lipinski definition) is 2. The van der Waals surface area contributed by atoms with E-state index in [0.717, 1.165) is 6.54 Å². The first kappa shape index (κ1) is 14.5. The number of aryl methyl sites for hydroxylation is 1. The topological polar surface area (TPSA) is 32.3 Å². The molecule has 1 aliphatic rings. The zero-order chi connectivity index (χ0) is 14.1. The molecule has 0 amide bonds. The summed E-state index contributed by atoms with van der Waals surface area (Å²) >= 11 is 0. The Kier molecular flexibility index (Phi) is 4.03. The van der Waals surface area contributed by atoms with Crippen LogP contribution in [0, 0.1) is 0 Å². The molecule has 0 heterocycles. The highest BCUT2D eigenvalue weighted by Crippen LogP contribution is 2.32. The van der Waals surface area contributed by atoms with Crippen molar-refractivity contribution in [3.8, 4) is 0 Å². The smallest absolute Gasteiger partial charge is 0.0767 e. The molecule has 0 aromatic heterocycles. The van der Waals surface area contributed by atoms with E-state index in [2.05, 4.69) is 43.4 Å². The zero-order valence-corrected chi connectivity index (χ0v) is 12.7. The molecule has 1 aromatic carbocycles. The van der Waals surface area contributed by atoms with Crippen LogP contribution in [0.4, 0.5) is 0 Å². The molecule has 0 saturated carbocycles. The van der Waals surface area contributed by atoms with Gasteiger partial charge in [0.15, 0.2) is 0 Å². The standard InChI is InChI=1S/C17H27NO/c1-16(2,17(3,4)19)18-12-14-10-7-9-13-8-5-6-11-15(13)14/h5-6,8,11,14,18-19H,7,9-10,12H2,1-4H3. The van der Waals surface area contributed by atoms with Crippen LogP contribution < -0.4 is 5.32 Å². The molecule has 0 radical (unpaired) electrons. The number of fused-ring (bicyclic) bond motifs is 1. The summed E-state index contributed by atoms with van der Waals surface area (Å²) in [6, 6.07) is 8.79. The number of benzene rings is 1. The Hall–Kier alpha value is -0.860. The van der Waals surface area contributed by atoms with Crippen LogP contribution in [0.15, 0.2) is 24.3 Å². The number of aliphatic hydroxyl groups is 1. The van der Waals surface area contributed by atoms with Gasteiger partial charge in [-0.05, 0) is 64.0 Å². The van der Waals surface area contributed by atoms with Crippen molar-refractivity contribution in [2.75, 3.05) is 6.54 Å². The van der Waals surface area contributed by atoms with Gasteiger partial charge in [0.25, 0.3) is 0 Å². The van der Waals surface area contributed by atoms with Crippen LogP contribution in [0.3, 0.4) is 0 Å². The first-order valence-corrected chi connectivity index (χ1v) is 7.36. The Morgan fingerprint density at radius 1 is 1.21 bits per heavy atom. The molecule has 0 aliphatic heterocycles. The summed E-state index contributed by atoms with van der Waals surface area (Å²) in [7, 11) is 0. The highest BCUT2D eigenvalue weighted by atomic mass is 16.3. The Labute approximate surface area is 117 Å². The van der Waals surface area contributed by atoms with Gasteiger partial charge in [0.1, 0.15) is 0 Å². The third-order valence-electron chi connectivity index (χ3n) is 4.81. The van der Waals surface area contributed by atoms with Gasteiger partial charge in [0, 0.05) is 12.1 Å². The molecule has 0 spiro atoms. The lowest BCUT2D eigenvalue weighted by molar-refractivity contribution is -0.00514. The van der Waals surface area contributed by atoms with Gasteiger partial charge in [-0.2, -0.15) is 0 Å². The quantitative estimate of drug-likeness (QED) is 0.872. The fourth-order valence-electron chi connectivity index (χ4n) is 2.66. The van der Waals surface area contributed by atoms with Crippen molar-refractivity contribution >= 4 is 0 Å². The van der Waals surface area contributed by atoms with E-state index in [1.165, 1.54) is 30.4 Å². The SMILES string of the molecule is CC(C)(O)C(C)(C)NCC1CCCc2ccccc21. The van der Waals surface area contributed by atoms with E-state index in [-0.39, 0.29) is 5.54 Å². The predicted octanol–water partition coefficient (Wildman–Crippen LogP) is 3.25. The minimum absolute atomic E-state index is 0.278. The number of nitrogens with one attached hydrogen (secondary N) is 1. The summed E-state index contributed by atoms with van der Waals surface area (Å²) in [6.45, 7) is 8.82. The van der Waals surface area contributed by atoms with Gasteiger partial charge in [0.2, 0.25) is 0 Å². The molecule has 19 heavy (non-hydrogen) atoms. The van der Waals surface area contributed by atoms with Gasteiger partial charge in [-0.1, -0.05) is 24.3 Å². The number of rotatable bonds is 4. The first-order chi connectivity index (χ1) is 8.81. The molecule has 1 aromatic rings. The summed E-state index contributed by atoms with van der Waals surface area (Å²) in [6.07, 6.45) is 3.72. The maximum absolute atomic E-state index is 10.2. The van der Waals surface area contributed by atoms with E-state index in [9.17, 15) is 5.11 Å². The lowest BCUT2D eigenvalue weighted by Gasteiger charge is -2.40. The second kappa shape index (κ2) is 5.26. The van der Waals surface area contributed by atoms with Crippen LogP contribution in [0.5, 0.6) is 0 Å². The van der Waals surface area contributed by atoms with Crippen molar-refractivity contribution in [3.63, 3.8) is 0 Å². The van der Waals surface area contributed by atoms with Gasteiger partial charge in [-0.15, -0.1) is 0 Å². The first-order valence-electron chi connectivity index (χ1n) is 7.36. The molecule has 1 atom stereocenters. The Morgan fingerprint density at radius 3 is 2.58 bits per heavy atom. The van der Waals surface area contributed by atoms with Gasteiger partial charge in [-0.25, -0.2) is 0 Å². The van der Waals surface area contributed by atoms with Crippen molar-refractivity contribution in [2.24, 2.45) is 0 Å². The highest BCUT2D eigenvalue weighted by Gasteiger charge is 2.35. The summed E-state index contributed by atoms with van der Waals surface area (Å²) in [5.41, 5.74) is 2.00. The third kappa shape index (κ3) is 3.18. The van der Waals surface area contributed by atoms with E-state index in [1.807, 2.05) is 13.8 Å². The lowest BCUT2D eigenvalue weighted by atomic mass is 9.81. The Morgan fingerprint density at radius 2 is 1.89 bits per heavy atom. The van der Waals surface area contributed by atoms with Crippen LogP contribution >= 0.6 is 0 Å². The second-order valence-electron chi connectivity index (χ2n) is 6.85. The minimum atomic E-state index is -0.721. The minimum Gasteiger partial charge on any atom is -0.389 e. The lowest BCUT2D eigenvalue weighted by Crippen LogP contribution is -2.56. The molecule has 1 aliphatic carbocycles. The monoisotopic (exact) mass is 261 g/mol. The van der Waals surface area contributed by atoms with Crippen LogP contribution in [0.1, 0.15) is 57.6 Å². The fraction of sp³-hybridized carbons (Fsp3) is 0.647. The van der Waals surface area contributed by atoms with E-state index in [4.69, 9.17) is 0 Å². The van der Waals surface area contributed by atoms with Crippen molar-refractivity contribution in [1.29, 1.82) is 0 Å². The van der Waals surface area contributed by atoms with Gasteiger partial charge in [-0.3, -0.25) is 0 Å². The Balaban J connectivity index is 2.06. The molecular weight excluding hydrogens is 234 g/mol. The fourth-order valence-corrected chi connectivity index (χ4v) is 2.66. The van der Waals surface area contributed by atoms with Gasteiger partial charge in [0.05, 0.1) is 5.60 Å². The van der Waals surface area contributed by atoms with Crippen molar-refractivity contribution in [3.05, 3.63) is 35.4 Å². The average Bonchev–Trinajstić information content (AvgIpc) is 2.35. The molecule has 0 fully saturated rings. The molecule has 106 valence electrons. The maximum atomic E-state index is 10.2.